The van der Waals surface area contributed by atoms with Gasteiger partial charge in [-0.2, -0.15) is 0 Å². The van der Waals surface area contributed by atoms with E-state index in [0.29, 0.717) is 11.8 Å². The molecule has 0 N–H and O–H groups in total. The van der Waals surface area contributed by atoms with Crippen molar-refractivity contribution in [2.75, 3.05) is 0 Å². The van der Waals surface area contributed by atoms with E-state index in [1.807, 2.05) is 0 Å². The molecule has 88 valence electrons. The molecule has 0 amide bonds. The highest BCUT2D eigenvalue weighted by Crippen LogP contribution is 2.46. The first kappa shape index (κ1) is 11.6. The zero-order chi connectivity index (χ0) is 11.7. The van der Waals surface area contributed by atoms with Gasteiger partial charge in [0.05, 0.1) is 0 Å². The average molecular weight is 218 g/mol. The molecule has 1 nitrogen and oxygen atoms in total. The third-order valence-electron chi connectivity index (χ3n) is 4.56. The first-order valence-electron chi connectivity index (χ1n) is 6.46. The Balaban J connectivity index is 2.27. The van der Waals surface area contributed by atoms with Crippen molar-refractivity contribution in [3.63, 3.8) is 0 Å². The topological polar surface area (TPSA) is 17.1 Å². The van der Waals surface area contributed by atoms with Crippen LogP contribution in [-0.4, -0.2) is 6.29 Å². The molecule has 0 unspecified atom stereocenters. The van der Waals surface area contributed by atoms with Gasteiger partial charge in [-0.15, -0.1) is 0 Å². The molecule has 0 radical (unpaired) electrons. The van der Waals surface area contributed by atoms with Crippen LogP contribution in [0.15, 0.2) is 23.3 Å². The van der Waals surface area contributed by atoms with Gasteiger partial charge in [-0.3, -0.25) is 4.79 Å². The highest BCUT2D eigenvalue weighted by atomic mass is 16.1. The van der Waals surface area contributed by atoms with Gasteiger partial charge in [0.2, 0.25) is 0 Å². The van der Waals surface area contributed by atoms with Gasteiger partial charge >= 0.3 is 0 Å². The van der Waals surface area contributed by atoms with E-state index in [1.54, 1.807) is 0 Å². The molecule has 0 aliphatic heterocycles. The molecule has 1 saturated carbocycles. The summed E-state index contributed by atoms with van der Waals surface area (Å²) in [7, 11) is 0. The molecule has 0 bridgehead atoms. The summed E-state index contributed by atoms with van der Waals surface area (Å²) in [6.45, 7) is 8.57. The number of hydrogen-bond acceptors (Lipinski definition) is 1. The maximum Gasteiger partial charge on any atom is 0.145 e. The fraction of sp³-hybridized carbons (Fsp3) is 0.667. The summed E-state index contributed by atoms with van der Waals surface area (Å²) in [5.41, 5.74) is 3.88. The normalized spacial score (nSPS) is 34.5. The molecular weight excluding hydrogens is 196 g/mol. The van der Waals surface area contributed by atoms with Crippen LogP contribution in [0.25, 0.3) is 0 Å². The van der Waals surface area contributed by atoms with Gasteiger partial charge in [0, 0.05) is 0 Å². The predicted octanol–water partition coefficient (Wildman–Crippen LogP) is 3.90. The standard InChI is InChI=1S/C15H22O/c1-10(2)12-5-6-13(9-16)14-7-4-11(3)15(14)8-12/h9,11-12,15H,1,4-8H2,2-3H3/t11-,12+,15-/m1/s1. The number of fused-ring (bicyclic) bond motifs is 1. The van der Waals surface area contributed by atoms with Crippen LogP contribution in [0.2, 0.25) is 0 Å². The number of aldehydes is 1. The van der Waals surface area contributed by atoms with Crippen molar-refractivity contribution in [3.8, 4) is 0 Å². The Kier molecular flexibility index (Phi) is 3.32. The molecule has 0 saturated heterocycles. The second-order valence-corrected chi connectivity index (χ2v) is 5.61. The number of hydrogen-bond donors (Lipinski definition) is 0. The highest BCUT2D eigenvalue weighted by molar-refractivity contribution is 5.75. The van der Waals surface area contributed by atoms with Crippen LogP contribution < -0.4 is 0 Å². The van der Waals surface area contributed by atoms with Gasteiger partial charge in [-0.25, -0.2) is 0 Å². The SMILES string of the molecule is C=C(C)[C@H]1CCC(C=O)=C2CC[C@@H](C)[C@H]2C1. The number of rotatable bonds is 2. The van der Waals surface area contributed by atoms with Crippen molar-refractivity contribution in [1.82, 2.24) is 0 Å². The largest absolute Gasteiger partial charge is 0.298 e. The lowest BCUT2D eigenvalue weighted by Gasteiger charge is -2.22. The van der Waals surface area contributed by atoms with Crippen molar-refractivity contribution in [2.24, 2.45) is 17.8 Å². The Hall–Kier alpha value is -0.850. The minimum Gasteiger partial charge on any atom is -0.298 e. The Labute approximate surface area is 98.6 Å². The molecule has 0 aromatic heterocycles. The average Bonchev–Trinajstić information content (AvgIpc) is 2.51. The number of carbonyl (C=O) groups excluding carboxylic acids is 1. The van der Waals surface area contributed by atoms with Gasteiger partial charge in [0.1, 0.15) is 6.29 Å². The Bertz CT molecular complexity index is 337. The van der Waals surface area contributed by atoms with Crippen LogP contribution >= 0.6 is 0 Å². The van der Waals surface area contributed by atoms with E-state index >= 15 is 0 Å². The predicted molar refractivity (Wildman–Crippen MR) is 67.1 cm³/mol. The van der Waals surface area contributed by atoms with Crippen molar-refractivity contribution in [2.45, 2.75) is 46.0 Å². The molecule has 2 aliphatic carbocycles. The molecule has 2 rings (SSSR count). The van der Waals surface area contributed by atoms with E-state index in [1.165, 1.54) is 24.0 Å². The van der Waals surface area contributed by atoms with Gasteiger partial charge < -0.3 is 0 Å². The summed E-state index contributed by atoms with van der Waals surface area (Å²) in [4.78, 5) is 11.2. The summed E-state index contributed by atoms with van der Waals surface area (Å²) in [6, 6.07) is 0. The lowest BCUT2D eigenvalue weighted by Crippen LogP contribution is -2.11. The van der Waals surface area contributed by atoms with E-state index in [2.05, 4.69) is 20.4 Å². The summed E-state index contributed by atoms with van der Waals surface area (Å²) < 4.78 is 0. The van der Waals surface area contributed by atoms with Crippen molar-refractivity contribution >= 4 is 6.29 Å². The smallest absolute Gasteiger partial charge is 0.145 e. The molecule has 1 heteroatoms. The number of carbonyl (C=O) groups is 1. The third-order valence-corrected chi connectivity index (χ3v) is 4.56. The molecule has 0 aromatic carbocycles. The van der Waals surface area contributed by atoms with E-state index in [0.717, 1.165) is 37.0 Å². The first-order valence-corrected chi connectivity index (χ1v) is 6.46. The maximum atomic E-state index is 11.2. The Morgan fingerprint density at radius 1 is 1.38 bits per heavy atom. The molecule has 2 aliphatic rings. The van der Waals surface area contributed by atoms with E-state index in [-0.39, 0.29) is 0 Å². The summed E-state index contributed by atoms with van der Waals surface area (Å²) in [5, 5.41) is 0. The second-order valence-electron chi connectivity index (χ2n) is 5.61. The molecule has 1 fully saturated rings. The Morgan fingerprint density at radius 3 is 2.75 bits per heavy atom. The summed E-state index contributed by atoms with van der Waals surface area (Å²) >= 11 is 0. The van der Waals surface area contributed by atoms with Crippen molar-refractivity contribution < 1.29 is 4.79 Å². The molecule has 3 atom stereocenters. The molecule has 16 heavy (non-hydrogen) atoms. The molecule has 0 spiro atoms. The minimum absolute atomic E-state index is 0.623. The molecule has 0 aromatic rings. The van der Waals surface area contributed by atoms with Crippen molar-refractivity contribution in [1.29, 1.82) is 0 Å². The zero-order valence-electron chi connectivity index (χ0n) is 10.5. The van der Waals surface area contributed by atoms with Crippen LogP contribution in [0.5, 0.6) is 0 Å². The monoisotopic (exact) mass is 218 g/mol. The van der Waals surface area contributed by atoms with E-state index < -0.39 is 0 Å². The summed E-state index contributed by atoms with van der Waals surface area (Å²) in [6.07, 6.45) is 6.85. The van der Waals surface area contributed by atoms with E-state index in [4.69, 9.17) is 0 Å². The van der Waals surface area contributed by atoms with Crippen LogP contribution in [0.1, 0.15) is 46.0 Å². The van der Waals surface area contributed by atoms with Crippen LogP contribution in [0.4, 0.5) is 0 Å². The third kappa shape index (κ3) is 2.00. The Morgan fingerprint density at radius 2 is 2.12 bits per heavy atom. The van der Waals surface area contributed by atoms with Gasteiger partial charge in [-0.1, -0.05) is 24.6 Å². The number of allylic oxidation sites excluding steroid dienone is 3. The van der Waals surface area contributed by atoms with Crippen LogP contribution in [0.3, 0.4) is 0 Å². The quantitative estimate of drug-likeness (QED) is 0.507. The lowest BCUT2D eigenvalue weighted by atomic mass is 9.83. The minimum atomic E-state index is 0.623. The summed E-state index contributed by atoms with van der Waals surface area (Å²) in [5.74, 6) is 2.03. The van der Waals surface area contributed by atoms with Gasteiger partial charge in [0.25, 0.3) is 0 Å². The lowest BCUT2D eigenvalue weighted by molar-refractivity contribution is -0.105. The van der Waals surface area contributed by atoms with Crippen LogP contribution in [0, 0.1) is 17.8 Å². The molecule has 0 heterocycles. The highest BCUT2D eigenvalue weighted by Gasteiger charge is 2.34. The van der Waals surface area contributed by atoms with Crippen LogP contribution in [-0.2, 0) is 4.79 Å². The maximum absolute atomic E-state index is 11.2. The van der Waals surface area contributed by atoms with Crippen molar-refractivity contribution in [3.05, 3.63) is 23.3 Å². The fourth-order valence-corrected chi connectivity index (χ4v) is 3.38. The van der Waals surface area contributed by atoms with Gasteiger partial charge in [-0.05, 0) is 62.4 Å². The van der Waals surface area contributed by atoms with Gasteiger partial charge in [0.15, 0.2) is 0 Å². The second kappa shape index (κ2) is 4.57. The first-order chi connectivity index (χ1) is 7.63. The van der Waals surface area contributed by atoms with E-state index in [9.17, 15) is 4.79 Å². The molecular formula is C15H22O. The fourth-order valence-electron chi connectivity index (χ4n) is 3.38. The zero-order valence-corrected chi connectivity index (χ0v) is 10.5.